The van der Waals surface area contributed by atoms with Gasteiger partial charge in [0.15, 0.2) is 0 Å². The summed E-state index contributed by atoms with van der Waals surface area (Å²) in [6, 6.07) is 13.9. The van der Waals surface area contributed by atoms with Gasteiger partial charge >= 0.3 is 6.36 Å². The van der Waals surface area contributed by atoms with E-state index in [1.165, 1.54) is 12.1 Å². The Morgan fingerprint density at radius 2 is 1.79 bits per heavy atom. The molecule has 0 N–H and O–H groups in total. The van der Waals surface area contributed by atoms with Crippen molar-refractivity contribution >= 4 is 17.9 Å². The van der Waals surface area contributed by atoms with Gasteiger partial charge < -0.3 is 9.53 Å². The highest BCUT2D eigenvalue weighted by Gasteiger charge is 2.32. The number of ether oxygens (including phenoxy) is 1. The number of carbonyl (C=O) groups excluding carboxylic acids is 1. The average molecular weight is 426 g/mol. The van der Waals surface area contributed by atoms with Crippen LogP contribution in [0.5, 0.6) is 5.75 Å². The summed E-state index contributed by atoms with van der Waals surface area (Å²) < 4.78 is 40.8. The number of hydrogen-bond acceptors (Lipinski definition) is 3. The first-order valence-corrected chi connectivity index (χ1v) is 10.0. The van der Waals surface area contributed by atoms with Crippen molar-refractivity contribution in [2.75, 3.05) is 13.1 Å². The van der Waals surface area contributed by atoms with Gasteiger partial charge in [-0.2, -0.15) is 0 Å². The van der Waals surface area contributed by atoms with Crippen LogP contribution in [0.4, 0.5) is 13.2 Å². The van der Waals surface area contributed by atoms with Crippen molar-refractivity contribution in [2.24, 2.45) is 5.92 Å². The molecule has 1 saturated heterocycles. The van der Waals surface area contributed by atoms with Crippen LogP contribution in [0.15, 0.2) is 48.5 Å². The second-order valence-corrected chi connectivity index (χ2v) is 7.73. The molecule has 1 aliphatic rings. The number of alkyl halides is 3. The first kappa shape index (κ1) is 21.7. The van der Waals surface area contributed by atoms with Gasteiger partial charge in [0.05, 0.1) is 6.54 Å². The highest BCUT2D eigenvalue weighted by Crippen LogP contribution is 2.38. The lowest BCUT2D eigenvalue weighted by Crippen LogP contribution is -2.40. The van der Waals surface area contributed by atoms with Crippen molar-refractivity contribution < 1.29 is 22.7 Å². The van der Waals surface area contributed by atoms with Crippen molar-refractivity contribution in [3.63, 3.8) is 0 Å². The van der Waals surface area contributed by atoms with Crippen LogP contribution in [0.1, 0.15) is 36.4 Å². The van der Waals surface area contributed by atoms with E-state index in [0.29, 0.717) is 17.5 Å². The van der Waals surface area contributed by atoms with E-state index in [-0.39, 0.29) is 11.8 Å². The molecule has 3 nitrogen and oxygen atoms in total. The fraction of sp³-hybridized carbons (Fsp3) is 0.409. The maximum Gasteiger partial charge on any atom is 0.573 e. The highest BCUT2D eigenvalue weighted by atomic mass is 35.5. The van der Waals surface area contributed by atoms with Crippen LogP contribution < -0.4 is 4.74 Å². The van der Waals surface area contributed by atoms with E-state index in [9.17, 15) is 18.0 Å². The number of aldehydes is 1. The van der Waals surface area contributed by atoms with Gasteiger partial charge in [-0.1, -0.05) is 35.9 Å². The topological polar surface area (TPSA) is 29.5 Å². The molecule has 2 aromatic rings. The van der Waals surface area contributed by atoms with E-state index in [0.717, 1.165) is 49.6 Å². The number of nitrogens with zero attached hydrogens (tertiary/aromatic N) is 1. The third kappa shape index (κ3) is 6.21. The fourth-order valence-corrected chi connectivity index (χ4v) is 4.23. The largest absolute Gasteiger partial charge is 0.573 e. The molecule has 0 amide bonds. The number of carbonyl (C=O) groups is 1. The van der Waals surface area contributed by atoms with Crippen molar-refractivity contribution in [1.29, 1.82) is 0 Å². The summed E-state index contributed by atoms with van der Waals surface area (Å²) in [5, 5.41) is 0.671. The lowest BCUT2D eigenvalue weighted by atomic mass is 9.81. The Balaban J connectivity index is 1.70. The number of rotatable bonds is 7. The highest BCUT2D eigenvalue weighted by molar-refractivity contribution is 6.30. The number of likely N-dealkylation sites (tertiary alicyclic amines) is 1. The molecule has 0 saturated carbocycles. The second-order valence-electron chi connectivity index (χ2n) is 7.29. The number of aryl methyl sites for hydroxylation is 1. The van der Waals surface area contributed by atoms with Crippen LogP contribution >= 0.6 is 11.6 Å². The lowest BCUT2D eigenvalue weighted by molar-refractivity contribution is -0.274. The first-order chi connectivity index (χ1) is 13.9. The summed E-state index contributed by atoms with van der Waals surface area (Å²) in [7, 11) is 0. The van der Waals surface area contributed by atoms with Gasteiger partial charge in [0.25, 0.3) is 0 Å². The van der Waals surface area contributed by atoms with Gasteiger partial charge in [-0.25, -0.2) is 0 Å². The molecule has 156 valence electrons. The van der Waals surface area contributed by atoms with Gasteiger partial charge in [-0.3, -0.25) is 4.90 Å². The average Bonchev–Trinajstić information content (AvgIpc) is 2.67. The third-order valence-electron chi connectivity index (χ3n) is 5.34. The zero-order valence-corrected chi connectivity index (χ0v) is 16.6. The third-order valence-corrected chi connectivity index (χ3v) is 5.59. The Kier molecular flexibility index (Phi) is 7.19. The molecular formula is C22H23ClF3NO2. The monoisotopic (exact) mass is 425 g/mol. The molecule has 1 heterocycles. The minimum Gasteiger partial charge on any atom is -0.406 e. The number of benzene rings is 2. The van der Waals surface area contributed by atoms with Crippen LogP contribution in [0.25, 0.3) is 0 Å². The maximum absolute atomic E-state index is 12.3. The Bertz CT molecular complexity index is 793. The molecule has 2 unspecified atom stereocenters. The van der Waals surface area contributed by atoms with Crippen molar-refractivity contribution in [1.82, 2.24) is 4.90 Å². The molecule has 7 heteroatoms. The van der Waals surface area contributed by atoms with Crippen molar-refractivity contribution in [3.8, 4) is 5.75 Å². The summed E-state index contributed by atoms with van der Waals surface area (Å²) >= 11 is 6.03. The Morgan fingerprint density at radius 1 is 1.10 bits per heavy atom. The van der Waals surface area contributed by atoms with E-state index in [2.05, 4.69) is 9.64 Å². The summed E-state index contributed by atoms with van der Waals surface area (Å²) in [5.41, 5.74) is 2.09. The molecule has 1 aliphatic heterocycles. The number of piperidine rings is 1. The van der Waals surface area contributed by atoms with Crippen LogP contribution in [0.3, 0.4) is 0 Å². The molecule has 3 rings (SSSR count). The Morgan fingerprint density at radius 3 is 2.41 bits per heavy atom. The minimum absolute atomic E-state index is 0.124. The fourth-order valence-electron chi connectivity index (χ4n) is 4.11. The summed E-state index contributed by atoms with van der Waals surface area (Å²) in [4.78, 5) is 13.4. The number of halogens is 4. The minimum atomic E-state index is -4.68. The molecule has 0 aromatic heterocycles. The zero-order valence-electron chi connectivity index (χ0n) is 15.9. The Labute approximate surface area is 173 Å². The van der Waals surface area contributed by atoms with Crippen molar-refractivity contribution in [3.05, 3.63) is 64.7 Å². The standard InChI is InChI=1S/C22H23ClF3NO2/c23-19-9-7-18(8-10-19)21-17(2-1-13-27(21)14-15-28)6-3-16-4-11-20(12-5-16)29-22(24,25)26/h4-5,7-12,15,17,21H,1-3,6,13-14H2. The van der Waals surface area contributed by atoms with Crippen LogP contribution in [-0.2, 0) is 11.2 Å². The van der Waals surface area contributed by atoms with Gasteiger partial charge in [0, 0.05) is 11.1 Å². The van der Waals surface area contributed by atoms with Crippen LogP contribution in [0.2, 0.25) is 5.02 Å². The molecule has 1 fully saturated rings. The summed E-state index contributed by atoms with van der Waals surface area (Å²) in [6.45, 7) is 1.25. The van der Waals surface area contributed by atoms with Gasteiger partial charge in [0.2, 0.25) is 0 Å². The SMILES string of the molecule is O=CCN1CCCC(CCc2ccc(OC(F)(F)F)cc2)C1c1ccc(Cl)cc1. The Hall–Kier alpha value is -2.05. The predicted molar refractivity (Wildman–Crippen MR) is 106 cm³/mol. The number of hydrogen-bond donors (Lipinski definition) is 0. The second kappa shape index (κ2) is 9.63. The molecule has 0 spiro atoms. The van der Waals surface area contributed by atoms with Crippen LogP contribution in [0, 0.1) is 5.92 Å². The quantitative estimate of drug-likeness (QED) is 0.523. The zero-order chi connectivity index (χ0) is 20.9. The van der Waals surface area contributed by atoms with Crippen LogP contribution in [-0.4, -0.2) is 30.6 Å². The van der Waals surface area contributed by atoms with E-state index < -0.39 is 6.36 Å². The summed E-state index contributed by atoms with van der Waals surface area (Å²) in [5.74, 6) is 0.131. The van der Waals surface area contributed by atoms with Crippen molar-refractivity contribution in [2.45, 2.75) is 38.1 Å². The predicted octanol–water partition coefficient (Wildman–Crippen LogP) is 5.82. The molecule has 2 aromatic carbocycles. The van der Waals surface area contributed by atoms with Gasteiger partial charge in [0.1, 0.15) is 12.0 Å². The molecule has 29 heavy (non-hydrogen) atoms. The maximum atomic E-state index is 12.3. The molecular weight excluding hydrogens is 403 g/mol. The molecule has 0 aliphatic carbocycles. The first-order valence-electron chi connectivity index (χ1n) is 9.63. The normalized spacial score (nSPS) is 20.4. The van der Waals surface area contributed by atoms with Gasteiger partial charge in [-0.05, 0) is 73.5 Å². The van der Waals surface area contributed by atoms with E-state index >= 15 is 0 Å². The lowest BCUT2D eigenvalue weighted by Gasteiger charge is -2.41. The van der Waals surface area contributed by atoms with Gasteiger partial charge in [-0.15, -0.1) is 13.2 Å². The van der Waals surface area contributed by atoms with E-state index in [1.807, 2.05) is 24.3 Å². The molecule has 0 radical (unpaired) electrons. The summed E-state index contributed by atoms with van der Waals surface area (Å²) in [6.07, 6.45) is -0.0703. The van der Waals surface area contributed by atoms with E-state index in [4.69, 9.17) is 11.6 Å². The molecule has 0 bridgehead atoms. The smallest absolute Gasteiger partial charge is 0.406 e. The molecule has 2 atom stereocenters. The van der Waals surface area contributed by atoms with E-state index in [1.54, 1.807) is 12.1 Å².